The molecule has 2 atom stereocenters. The van der Waals surface area contributed by atoms with Crippen LogP contribution in [0.2, 0.25) is 0 Å². The Kier molecular flexibility index (Phi) is 6.76. The zero-order valence-corrected chi connectivity index (χ0v) is 23.5. The normalized spacial score (nSPS) is 20.6. The Morgan fingerprint density at radius 3 is 2.52 bits per heavy atom. The number of carbonyl (C=O) groups is 3. The maximum Gasteiger partial charge on any atom is 0.332 e. The van der Waals surface area contributed by atoms with Crippen LogP contribution >= 0.6 is 0 Å². The minimum Gasteiger partial charge on any atom is -0.379 e. The first-order chi connectivity index (χ1) is 20.5. The maximum absolute atomic E-state index is 14.3. The van der Waals surface area contributed by atoms with Gasteiger partial charge in [-0.3, -0.25) is 19.4 Å². The van der Waals surface area contributed by atoms with E-state index in [1.54, 1.807) is 29.2 Å². The molecule has 3 aliphatic rings. The van der Waals surface area contributed by atoms with Crippen LogP contribution in [0.4, 0.5) is 10.5 Å². The van der Waals surface area contributed by atoms with Crippen molar-refractivity contribution < 1.29 is 19.1 Å². The average molecular weight is 564 g/mol. The van der Waals surface area contributed by atoms with Gasteiger partial charge in [0.1, 0.15) is 12.1 Å². The molecular weight excluding hydrogens is 530 g/mol. The number of ether oxygens (including phenoxy) is 1. The minimum absolute atomic E-state index is 0.303. The van der Waals surface area contributed by atoms with Crippen molar-refractivity contribution in [2.75, 3.05) is 44.3 Å². The number of hydrogen-bond donors (Lipinski definition) is 2. The molecule has 9 nitrogen and oxygen atoms in total. The van der Waals surface area contributed by atoms with Gasteiger partial charge in [-0.25, -0.2) is 9.69 Å². The zero-order chi connectivity index (χ0) is 28.8. The molecule has 4 aromatic rings. The van der Waals surface area contributed by atoms with Gasteiger partial charge in [0.25, 0.3) is 11.8 Å². The third-order valence-corrected chi connectivity index (χ3v) is 8.65. The molecule has 214 valence electrons. The summed E-state index contributed by atoms with van der Waals surface area (Å²) in [6.07, 6.45) is 0.399. The molecule has 3 aromatic carbocycles. The fraction of sp³-hybridized carbons (Fsp3) is 0.303. The van der Waals surface area contributed by atoms with Crippen LogP contribution in [-0.4, -0.2) is 78.1 Å². The van der Waals surface area contributed by atoms with E-state index in [1.807, 2.05) is 49.4 Å². The Morgan fingerprint density at radius 1 is 0.976 bits per heavy atom. The van der Waals surface area contributed by atoms with Crippen molar-refractivity contribution >= 4 is 34.4 Å². The van der Waals surface area contributed by atoms with Crippen LogP contribution in [0.25, 0.3) is 10.9 Å². The lowest BCUT2D eigenvalue weighted by Crippen LogP contribution is -2.44. The molecule has 4 amide bonds. The molecule has 2 saturated heterocycles. The van der Waals surface area contributed by atoms with Gasteiger partial charge in [0, 0.05) is 49.2 Å². The number of carbonyl (C=O) groups excluding carboxylic acids is 3. The summed E-state index contributed by atoms with van der Waals surface area (Å²) in [5.74, 6) is -0.628. The maximum atomic E-state index is 14.3. The first-order valence-corrected chi connectivity index (χ1v) is 14.5. The lowest BCUT2D eigenvalue weighted by molar-refractivity contribution is -0.120. The van der Waals surface area contributed by atoms with Crippen molar-refractivity contribution in [3.8, 4) is 0 Å². The number of imide groups is 1. The number of para-hydroxylation sites is 2. The van der Waals surface area contributed by atoms with Gasteiger partial charge < -0.3 is 15.0 Å². The van der Waals surface area contributed by atoms with E-state index < -0.39 is 18.1 Å². The fourth-order valence-electron chi connectivity index (χ4n) is 6.50. The van der Waals surface area contributed by atoms with Gasteiger partial charge in [-0.1, -0.05) is 60.2 Å². The van der Waals surface area contributed by atoms with Crippen LogP contribution in [0, 0.1) is 6.92 Å². The first-order valence-electron chi connectivity index (χ1n) is 14.5. The second kappa shape index (κ2) is 10.7. The number of nitrogens with zero attached hydrogens (tertiary/aromatic N) is 3. The average Bonchev–Trinajstić information content (AvgIpc) is 3.51. The molecule has 4 heterocycles. The lowest BCUT2D eigenvalue weighted by atomic mass is 9.88. The Bertz CT molecular complexity index is 1670. The number of urea groups is 1. The van der Waals surface area contributed by atoms with Crippen molar-refractivity contribution in [3.63, 3.8) is 0 Å². The van der Waals surface area contributed by atoms with E-state index in [1.165, 1.54) is 4.90 Å². The Balaban J connectivity index is 1.23. The molecule has 0 spiro atoms. The quantitative estimate of drug-likeness (QED) is 0.346. The van der Waals surface area contributed by atoms with E-state index in [0.717, 1.165) is 46.4 Å². The smallest absolute Gasteiger partial charge is 0.332 e. The van der Waals surface area contributed by atoms with Crippen molar-refractivity contribution in [3.05, 3.63) is 101 Å². The van der Waals surface area contributed by atoms with Crippen LogP contribution in [0.5, 0.6) is 0 Å². The predicted octanol–water partition coefficient (Wildman–Crippen LogP) is 4.02. The molecule has 2 fully saturated rings. The molecule has 0 radical (unpaired) electrons. The number of morpholine rings is 1. The number of benzene rings is 3. The number of hydrogen-bond acceptors (Lipinski definition) is 5. The standard InChI is InChI=1S/C33H33N5O4/c1-21-10-12-22(13-11-21)30-29-25(23-6-2-4-8-26(23)35-29)20-28-32(40)38(33(41)37(28)30)27-9-5-3-7-24(27)31(39)34-14-15-36-16-18-42-19-17-36/h2-13,28,30,35H,14-20H2,1H3,(H,34,39)/t28-,30-/m0/s1. The molecule has 2 N–H and O–H groups in total. The summed E-state index contributed by atoms with van der Waals surface area (Å²) in [5.41, 5.74) is 5.61. The molecule has 7 rings (SSSR count). The third kappa shape index (κ3) is 4.45. The summed E-state index contributed by atoms with van der Waals surface area (Å²) < 4.78 is 5.40. The highest BCUT2D eigenvalue weighted by atomic mass is 16.5. The highest BCUT2D eigenvalue weighted by Gasteiger charge is 2.53. The van der Waals surface area contributed by atoms with Gasteiger partial charge in [-0.05, 0) is 36.2 Å². The number of amides is 4. The molecule has 0 bridgehead atoms. The number of aromatic amines is 1. The minimum atomic E-state index is -0.687. The highest BCUT2D eigenvalue weighted by Crippen LogP contribution is 2.45. The van der Waals surface area contributed by atoms with Gasteiger partial charge in [-0.2, -0.15) is 0 Å². The summed E-state index contributed by atoms with van der Waals surface area (Å²) in [6.45, 7) is 6.24. The number of nitrogens with one attached hydrogen (secondary N) is 2. The van der Waals surface area contributed by atoms with Crippen LogP contribution in [0.1, 0.15) is 38.8 Å². The van der Waals surface area contributed by atoms with Gasteiger partial charge >= 0.3 is 6.03 Å². The third-order valence-electron chi connectivity index (χ3n) is 8.65. The topological polar surface area (TPSA) is 98.0 Å². The first kappa shape index (κ1) is 26.4. The molecule has 0 unspecified atom stereocenters. The highest BCUT2D eigenvalue weighted by molar-refractivity contribution is 6.24. The van der Waals surface area contributed by atoms with E-state index in [-0.39, 0.29) is 11.8 Å². The van der Waals surface area contributed by atoms with Gasteiger partial charge in [0.05, 0.1) is 24.5 Å². The van der Waals surface area contributed by atoms with Crippen LogP contribution in [0.3, 0.4) is 0 Å². The molecule has 9 heteroatoms. The molecule has 1 aromatic heterocycles. The van der Waals surface area contributed by atoms with E-state index in [0.29, 0.717) is 44.0 Å². The summed E-state index contributed by atoms with van der Waals surface area (Å²) in [6, 6.07) is 21.4. The Labute approximate surface area is 244 Å². The number of anilines is 1. The number of fused-ring (bicyclic) bond motifs is 4. The monoisotopic (exact) mass is 563 g/mol. The van der Waals surface area contributed by atoms with E-state index in [9.17, 15) is 14.4 Å². The summed E-state index contributed by atoms with van der Waals surface area (Å²) in [7, 11) is 0. The summed E-state index contributed by atoms with van der Waals surface area (Å²) in [4.78, 5) is 50.5. The van der Waals surface area contributed by atoms with Gasteiger partial charge in [0.15, 0.2) is 0 Å². The molecule has 3 aliphatic heterocycles. The van der Waals surface area contributed by atoms with Gasteiger partial charge in [-0.15, -0.1) is 0 Å². The largest absolute Gasteiger partial charge is 0.379 e. The number of rotatable bonds is 6. The van der Waals surface area contributed by atoms with Gasteiger partial charge in [0.2, 0.25) is 0 Å². The number of aromatic nitrogens is 1. The van der Waals surface area contributed by atoms with Crippen LogP contribution in [0.15, 0.2) is 72.8 Å². The zero-order valence-electron chi connectivity index (χ0n) is 23.5. The SMILES string of the molecule is Cc1ccc([C@H]2c3[nH]c4ccccc4c3C[C@H]3C(=O)N(c4ccccc4C(=O)NCCN4CCOCC4)C(=O)N23)cc1. The van der Waals surface area contributed by atoms with Crippen molar-refractivity contribution in [2.45, 2.75) is 25.4 Å². The summed E-state index contributed by atoms with van der Waals surface area (Å²) in [5, 5.41) is 4.04. The molecule has 0 aliphatic carbocycles. The van der Waals surface area contributed by atoms with E-state index in [2.05, 4.69) is 21.3 Å². The van der Waals surface area contributed by atoms with Crippen molar-refractivity contribution in [1.29, 1.82) is 0 Å². The number of aryl methyl sites for hydroxylation is 1. The second-order valence-electron chi connectivity index (χ2n) is 11.2. The summed E-state index contributed by atoms with van der Waals surface area (Å²) >= 11 is 0. The van der Waals surface area contributed by atoms with Crippen molar-refractivity contribution in [1.82, 2.24) is 20.1 Å². The van der Waals surface area contributed by atoms with Crippen LogP contribution < -0.4 is 10.2 Å². The predicted molar refractivity (Wildman–Crippen MR) is 160 cm³/mol. The van der Waals surface area contributed by atoms with E-state index >= 15 is 0 Å². The molecule has 0 saturated carbocycles. The molecule has 42 heavy (non-hydrogen) atoms. The lowest BCUT2D eigenvalue weighted by Gasteiger charge is -2.36. The van der Waals surface area contributed by atoms with E-state index in [4.69, 9.17) is 4.74 Å². The van der Waals surface area contributed by atoms with Crippen molar-refractivity contribution in [2.24, 2.45) is 0 Å². The Hall–Kier alpha value is -4.47. The molecular formula is C33H33N5O4. The van der Waals surface area contributed by atoms with Crippen LogP contribution in [-0.2, 0) is 16.0 Å². The Morgan fingerprint density at radius 2 is 1.71 bits per heavy atom. The fourth-order valence-corrected chi connectivity index (χ4v) is 6.50. The second-order valence-corrected chi connectivity index (χ2v) is 11.2. The number of H-pyrrole nitrogens is 1.